The lowest BCUT2D eigenvalue weighted by atomic mass is 10.1. The largest absolute Gasteiger partial charge is 0.340 e. The van der Waals surface area contributed by atoms with Crippen LogP contribution in [0.5, 0.6) is 0 Å². The Morgan fingerprint density at radius 3 is 2.50 bits per heavy atom. The Morgan fingerprint density at radius 1 is 1.03 bits per heavy atom. The molecule has 3 heterocycles. The number of pyridine rings is 1. The smallest absolute Gasteiger partial charge is 0.329 e. The number of amides is 4. The number of nitrogens with zero attached hydrogens (tertiary/aromatic N) is 4. The second-order valence-electron chi connectivity index (χ2n) is 7.57. The van der Waals surface area contributed by atoms with Crippen molar-refractivity contribution in [2.45, 2.75) is 25.4 Å². The number of nitrogens with one attached hydrogen (secondary N) is 1. The van der Waals surface area contributed by atoms with Gasteiger partial charge < -0.3 is 10.2 Å². The summed E-state index contributed by atoms with van der Waals surface area (Å²) in [5, 5.41) is 2.70. The monoisotopic (exact) mass is 407 g/mol. The summed E-state index contributed by atoms with van der Waals surface area (Å²) in [6.45, 7) is 3.78. The Bertz CT molecular complexity index is 898. The van der Waals surface area contributed by atoms with Crippen molar-refractivity contribution in [1.29, 1.82) is 0 Å². The molecule has 30 heavy (non-hydrogen) atoms. The van der Waals surface area contributed by atoms with E-state index < -0.39 is 12.1 Å². The van der Waals surface area contributed by atoms with Crippen LogP contribution < -0.4 is 10.2 Å². The molecule has 8 heteroatoms. The summed E-state index contributed by atoms with van der Waals surface area (Å²) in [5.41, 5.74) is 1.70. The number of carbonyl (C=O) groups excluding carboxylic acids is 3. The molecule has 2 aliphatic rings. The van der Waals surface area contributed by atoms with Crippen LogP contribution in [-0.4, -0.2) is 64.9 Å². The quantitative estimate of drug-likeness (QED) is 0.736. The van der Waals surface area contributed by atoms with Gasteiger partial charge in [0, 0.05) is 51.5 Å². The van der Waals surface area contributed by atoms with Crippen LogP contribution in [0.4, 0.5) is 10.5 Å². The van der Waals surface area contributed by atoms with Crippen LogP contribution in [0.2, 0.25) is 0 Å². The molecule has 156 valence electrons. The predicted octanol–water partition coefficient (Wildman–Crippen LogP) is 1.63. The highest BCUT2D eigenvalue weighted by molar-refractivity contribution is 6.21. The van der Waals surface area contributed by atoms with Crippen molar-refractivity contribution in [3.05, 3.63) is 60.4 Å². The van der Waals surface area contributed by atoms with Crippen LogP contribution in [-0.2, 0) is 16.1 Å². The Kier molecular flexibility index (Phi) is 6.04. The fourth-order valence-corrected chi connectivity index (χ4v) is 3.88. The minimum absolute atomic E-state index is 0.0243. The highest BCUT2D eigenvalue weighted by Crippen LogP contribution is 2.21. The van der Waals surface area contributed by atoms with Crippen molar-refractivity contribution in [2.75, 3.05) is 31.1 Å². The molecule has 8 nitrogen and oxygen atoms in total. The lowest BCUT2D eigenvalue weighted by Crippen LogP contribution is -2.48. The van der Waals surface area contributed by atoms with E-state index in [1.807, 2.05) is 23.2 Å². The third-order valence-electron chi connectivity index (χ3n) is 5.53. The molecule has 0 spiro atoms. The zero-order valence-corrected chi connectivity index (χ0v) is 16.7. The summed E-state index contributed by atoms with van der Waals surface area (Å²) in [4.78, 5) is 46.9. The number of benzene rings is 1. The minimum Gasteiger partial charge on any atom is -0.340 e. The van der Waals surface area contributed by atoms with Crippen molar-refractivity contribution in [3.8, 4) is 0 Å². The van der Waals surface area contributed by atoms with Crippen LogP contribution in [0, 0.1) is 0 Å². The number of anilines is 1. The first-order valence-electron chi connectivity index (χ1n) is 10.2. The third kappa shape index (κ3) is 4.49. The highest BCUT2D eigenvalue weighted by atomic mass is 16.2. The molecule has 1 atom stereocenters. The van der Waals surface area contributed by atoms with Gasteiger partial charge in [0.2, 0.25) is 5.91 Å². The van der Waals surface area contributed by atoms with Crippen molar-refractivity contribution in [3.63, 3.8) is 0 Å². The average molecular weight is 407 g/mol. The molecule has 1 unspecified atom stereocenters. The summed E-state index contributed by atoms with van der Waals surface area (Å²) in [5.74, 6) is -0.281. The lowest BCUT2D eigenvalue weighted by Gasteiger charge is -2.34. The van der Waals surface area contributed by atoms with E-state index in [2.05, 4.69) is 21.3 Å². The topological polar surface area (TPSA) is 85.8 Å². The standard InChI is InChI=1S/C22H25N5O3/c28-20(26-13-11-25(12-14-26)16-17-5-4-10-23-15-17)9-8-19-21(29)27(22(30)24-19)18-6-2-1-3-7-18/h1-7,10,15,19H,8-9,11-14,16H2,(H,24,30). The van der Waals surface area contributed by atoms with E-state index in [4.69, 9.17) is 0 Å². The molecule has 1 N–H and O–H groups in total. The summed E-state index contributed by atoms with van der Waals surface area (Å²) in [7, 11) is 0. The van der Waals surface area contributed by atoms with Crippen LogP contribution in [0.3, 0.4) is 0 Å². The number of hydrogen-bond donors (Lipinski definition) is 1. The molecule has 0 radical (unpaired) electrons. The zero-order chi connectivity index (χ0) is 20.9. The van der Waals surface area contributed by atoms with Gasteiger partial charge in [-0.25, -0.2) is 9.69 Å². The van der Waals surface area contributed by atoms with E-state index in [0.29, 0.717) is 25.2 Å². The number of urea groups is 1. The number of rotatable bonds is 6. The predicted molar refractivity (Wildman–Crippen MR) is 112 cm³/mol. The van der Waals surface area contributed by atoms with Gasteiger partial charge >= 0.3 is 6.03 Å². The van der Waals surface area contributed by atoms with E-state index in [1.54, 1.807) is 30.5 Å². The van der Waals surface area contributed by atoms with Gasteiger partial charge in [-0.3, -0.25) is 19.5 Å². The number of aromatic nitrogens is 1. The van der Waals surface area contributed by atoms with E-state index in [9.17, 15) is 14.4 Å². The molecule has 4 rings (SSSR count). The van der Waals surface area contributed by atoms with E-state index in [1.165, 1.54) is 0 Å². The fraction of sp³-hybridized carbons (Fsp3) is 0.364. The van der Waals surface area contributed by atoms with Crippen molar-refractivity contribution in [1.82, 2.24) is 20.1 Å². The SMILES string of the molecule is O=C(CCC1NC(=O)N(c2ccccc2)C1=O)N1CCN(Cc2cccnc2)CC1. The number of carbonyl (C=O) groups is 3. The van der Waals surface area contributed by atoms with E-state index >= 15 is 0 Å². The Balaban J connectivity index is 1.24. The van der Waals surface area contributed by atoms with Gasteiger partial charge in [0.1, 0.15) is 6.04 Å². The summed E-state index contributed by atoms with van der Waals surface area (Å²) < 4.78 is 0. The molecular formula is C22H25N5O3. The summed E-state index contributed by atoms with van der Waals surface area (Å²) >= 11 is 0. The molecule has 2 saturated heterocycles. The van der Waals surface area contributed by atoms with Gasteiger partial charge in [-0.2, -0.15) is 0 Å². The van der Waals surface area contributed by atoms with E-state index in [-0.39, 0.29) is 18.2 Å². The van der Waals surface area contributed by atoms with Crippen LogP contribution in [0.25, 0.3) is 0 Å². The molecule has 1 aromatic heterocycles. The second-order valence-corrected chi connectivity index (χ2v) is 7.57. The molecule has 0 aliphatic carbocycles. The number of imide groups is 1. The van der Waals surface area contributed by atoms with Crippen LogP contribution >= 0.6 is 0 Å². The molecule has 0 bridgehead atoms. The summed E-state index contributed by atoms with van der Waals surface area (Å²) in [6, 6.07) is 11.7. The van der Waals surface area contributed by atoms with E-state index in [0.717, 1.165) is 30.1 Å². The first-order valence-corrected chi connectivity index (χ1v) is 10.2. The number of para-hydroxylation sites is 1. The molecule has 4 amide bonds. The number of piperazine rings is 1. The third-order valence-corrected chi connectivity index (χ3v) is 5.53. The Morgan fingerprint density at radius 2 is 1.80 bits per heavy atom. The van der Waals surface area contributed by atoms with Crippen molar-refractivity contribution in [2.24, 2.45) is 0 Å². The van der Waals surface area contributed by atoms with Crippen molar-refractivity contribution < 1.29 is 14.4 Å². The highest BCUT2D eigenvalue weighted by Gasteiger charge is 2.39. The maximum Gasteiger partial charge on any atom is 0.329 e. The fourth-order valence-electron chi connectivity index (χ4n) is 3.88. The molecule has 0 saturated carbocycles. The minimum atomic E-state index is -0.659. The zero-order valence-electron chi connectivity index (χ0n) is 16.7. The molecule has 2 aliphatic heterocycles. The molecule has 2 aromatic rings. The average Bonchev–Trinajstić information content (AvgIpc) is 3.07. The van der Waals surface area contributed by atoms with Gasteiger partial charge in [-0.15, -0.1) is 0 Å². The van der Waals surface area contributed by atoms with Gasteiger partial charge in [-0.1, -0.05) is 24.3 Å². The molecular weight excluding hydrogens is 382 g/mol. The van der Waals surface area contributed by atoms with Crippen LogP contribution in [0.1, 0.15) is 18.4 Å². The van der Waals surface area contributed by atoms with Gasteiger partial charge in [0.15, 0.2) is 0 Å². The number of hydrogen-bond acceptors (Lipinski definition) is 5. The normalized spacial score (nSPS) is 19.8. The van der Waals surface area contributed by atoms with Crippen LogP contribution in [0.15, 0.2) is 54.9 Å². The maximum atomic E-state index is 12.6. The summed E-state index contributed by atoms with van der Waals surface area (Å²) in [6.07, 6.45) is 4.17. The maximum absolute atomic E-state index is 12.6. The first-order chi connectivity index (χ1) is 14.6. The molecule has 1 aromatic carbocycles. The molecule has 2 fully saturated rings. The van der Waals surface area contributed by atoms with Crippen molar-refractivity contribution >= 4 is 23.5 Å². The van der Waals surface area contributed by atoms with Gasteiger partial charge in [0.05, 0.1) is 5.69 Å². The van der Waals surface area contributed by atoms with Gasteiger partial charge in [-0.05, 0) is 30.2 Å². The van der Waals surface area contributed by atoms with Gasteiger partial charge in [0.25, 0.3) is 5.91 Å². The Hall–Kier alpha value is -3.26. The lowest BCUT2D eigenvalue weighted by molar-refractivity contribution is -0.133. The first kappa shape index (κ1) is 20.0. The second kappa shape index (κ2) is 9.04. The Labute approximate surface area is 175 Å².